The minimum Gasteiger partial charge on any atom is -0.385 e. The predicted octanol–water partition coefficient (Wildman–Crippen LogP) is 0.523. The first-order valence-electron chi connectivity index (χ1n) is 3.24. The van der Waals surface area contributed by atoms with E-state index in [1.54, 1.807) is 6.92 Å². The van der Waals surface area contributed by atoms with Crippen LogP contribution in [0.15, 0.2) is 0 Å². The molecule has 2 unspecified atom stereocenters. The van der Waals surface area contributed by atoms with Crippen LogP contribution in [0.3, 0.4) is 0 Å². The molecule has 0 heterocycles. The molecule has 0 saturated heterocycles. The highest BCUT2D eigenvalue weighted by Crippen LogP contribution is 1.98. The minimum absolute atomic E-state index is 0.123. The van der Waals surface area contributed by atoms with Crippen molar-refractivity contribution >= 4 is 15.2 Å². The molecule has 0 rings (SSSR count). The fraction of sp³-hybridized carbons (Fsp3) is 0.833. The molecule has 0 aliphatic rings. The Morgan fingerprint density at radius 3 is 2.80 bits per heavy atom. The first-order chi connectivity index (χ1) is 4.72. The van der Waals surface area contributed by atoms with Gasteiger partial charge in [0.1, 0.15) is 6.10 Å². The van der Waals surface area contributed by atoms with Gasteiger partial charge in [-0.05, 0) is 0 Å². The summed E-state index contributed by atoms with van der Waals surface area (Å²) in [6.45, 7) is 2.13. The van der Waals surface area contributed by atoms with Crippen LogP contribution in [-0.2, 0) is 9.32 Å². The summed E-state index contributed by atoms with van der Waals surface area (Å²) in [7, 11) is 2.07. The van der Waals surface area contributed by atoms with Crippen LogP contribution in [0.4, 0.5) is 0 Å². The first kappa shape index (κ1) is 10.0. The molecule has 0 bridgehead atoms. The number of Topliss-reactive ketones (excluding diaryl/α,β-unsaturated/α-hetero) is 1. The Morgan fingerprint density at radius 2 is 2.40 bits per heavy atom. The molecule has 1 N–H and O–H groups in total. The van der Waals surface area contributed by atoms with Gasteiger partial charge < -0.3 is 9.63 Å². The third kappa shape index (κ3) is 3.94. The maximum absolute atomic E-state index is 10.7. The van der Waals surface area contributed by atoms with Gasteiger partial charge in [0.05, 0.1) is 6.61 Å². The zero-order chi connectivity index (χ0) is 7.98. The van der Waals surface area contributed by atoms with Crippen LogP contribution in [-0.4, -0.2) is 23.6 Å². The molecule has 3 nitrogen and oxygen atoms in total. The van der Waals surface area contributed by atoms with Crippen LogP contribution in [0.5, 0.6) is 0 Å². The van der Waals surface area contributed by atoms with E-state index in [0.717, 1.165) is 0 Å². The second-order valence-corrected chi connectivity index (χ2v) is 2.33. The van der Waals surface area contributed by atoms with Gasteiger partial charge in [-0.25, -0.2) is 0 Å². The highest BCUT2D eigenvalue weighted by molar-refractivity contribution is 7.09. The monoisotopic (exact) mass is 164 g/mol. The van der Waals surface area contributed by atoms with Crippen LogP contribution < -0.4 is 0 Å². The van der Waals surface area contributed by atoms with Crippen LogP contribution >= 0.6 is 9.47 Å². The second kappa shape index (κ2) is 5.78. The molecule has 0 fully saturated rings. The first-order valence-corrected chi connectivity index (χ1v) is 3.72. The number of rotatable bonds is 5. The maximum atomic E-state index is 10.7. The fourth-order valence-corrected chi connectivity index (χ4v) is 0.712. The Morgan fingerprint density at radius 1 is 1.80 bits per heavy atom. The number of hydrogen-bond acceptors (Lipinski definition) is 3. The van der Waals surface area contributed by atoms with E-state index < -0.39 is 6.10 Å². The normalized spacial score (nSPS) is 13.1. The van der Waals surface area contributed by atoms with Gasteiger partial charge in [-0.15, -0.1) is 0 Å². The van der Waals surface area contributed by atoms with Crippen molar-refractivity contribution in [2.24, 2.45) is 0 Å². The van der Waals surface area contributed by atoms with Crippen LogP contribution in [0.2, 0.25) is 0 Å². The molecular formula is C6H13O3P. The van der Waals surface area contributed by atoms with Crippen molar-refractivity contribution in [3.63, 3.8) is 0 Å². The summed E-state index contributed by atoms with van der Waals surface area (Å²) in [6.07, 6.45) is -0.0701. The zero-order valence-corrected chi connectivity index (χ0v) is 7.19. The maximum Gasteiger partial charge on any atom is 0.161 e. The molecule has 0 aliphatic carbocycles. The van der Waals surface area contributed by atoms with Gasteiger partial charge in [0, 0.05) is 22.3 Å². The van der Waals surface area contributed by atoms with Crippen LogP contribution in [0.1, 0.15) is 19.8 Å². The summed E-state index contributed by atoms with van der Waals surface area (Å²) in [4.78, 5) is 10.7. The van der Waals surface area contributed by atoms with Crippen LogP contribution in [0.25, 0.3) is 0 Å². The Balaban J connectivity index is 3.41. The summed E-state index contributed by atoms with van der Waals surface area (Å²) in [5.74, 6) is -0.123. The Bertz CT molecular complexity index is 105. The summed E-state index contributed by atoms with van der Waals surface area (Å²) in [5.41, 5.74) is 0. The highest BCUT2D eigenvalue weighted by Gasteiger charge is 2.11. The Labute approximate surface area is 63.0 Å². The van der Waals surface area contributed by atoms with Crippen molar-refractivity contribution in [2.45, 2.75) is 25.9 Å². The van der Waals surface area contributed by atoms with Crippen molar-refractivity contribution in [1.29, 1.82) is 0 Å². The van der Waals surface area contributed by atoms with Crippen molar-refractivity contribution in [3.8, 4) is 0 Å². The zero-order valence-electron chi connectivity index (χ0n) is 6.04. The van der Waals surface area contributed by atoms with E-state index in [1.165, 1.54) is 0 Å². The topological polar surface area (TPSA) is 46.5 Å². The third-order valence-corrected chi connectivity index (χ3v) is 1.46. The van der Waals surface area contributed by atoms with Crippen molar-refractivity contribution in [2.75, 3.05) is 6.61 Å². The quantitative estimate of drug-likeness (QED) is 0.602. The molecule has 0 aromatic heterocycles. The van der Waals surface area contributed by atoms with E-state index in [-0.39, 0.29) is 5.78 Å². The number of aliphatic hydroxyl groups excluding tert-OH is 1. The average molecular weight is 164 g/mol. The number of aliphatic hydroxyl groups is 1. The van der Waals surface area contributed by atoms with Crippen LogP contribution in [0, 0.1) is 0 Å². The SMILES string of the molecule is CCC(=O)C(O)CCOP. The van der Waals surface area contributed by atoms with E-state index in [1.807, 2.05) is 0 Å². The second-order valence-electron chi connectivity index (χ2n) is 2.00. The standard InChI is InChI=1S/C6H13O3P/c1-2-5(7)6(8)3-4-9-10/h6,8H,2-4,10H2,1H3. The summed E-state index contributed by atoms with van der Waals surface area (Å²) < 4.78 is 4.61. The van der Waals surface area contributed by atoms with E-state index in [0.29, 0.717) is 19.4 Å². The largest absolute Gasteiger partial charge is 0.385 e. The molecule has 0 aliphatic heterocycles. The van der Waals surface area contributed by atoms with Gasteiger partial charge >= 0.3 is 0 Å². The molecule has 10 heavy (non-hydrogen) atoms. The Hall–Kier alpha value is 0.0200. The van der Waals surface area contributed by atoms with Gasteiger partial charge in [-0.2, -0.15) is 0 Å². The molecule has 0 spiro atoms. The fourth-order valence-electron chi connectivity index (χ4n) is 0.576. The lowest BCUT2D eigenvalue weighted by Crippen LogP contribution is -2.20. The molecule has 0 radical (unpaired) electrons. The lowest BCUT2D eigenvalue weighted by Gasteiger charge is -2.05. The van der Waals surface area contributed by atoms with E-state index in [4.69, 9.17) is 5.11 Å². The van der Waals surface area contributed by atoms with E-state index in [9.17, 15) is 4.79 Å². The van der Waals surface area contributed by atoms with E-state index in [2.05, 4.69) is 14.0 Å². The molecule has 0 amide bonds. The average Bonchev–Trinajstić information content (AvgIpc) is 1.98. The van der Waals surface area contributed by atoms with Gasteiger partial charge in [-0.1, -0.05) is 6.92 Å². The van der Waals surface area contributed by atoms with Crippen molar-refractivity contribution in [1.82, 2.24) is 0 Å². The lowest BCUT2D eigenvalue weighted by atomic mass is 10.1. The number of carbonyl (C=O) groups excluding carboxylic acids is 1. The molecule has 0 saturated carbocycles. The van der Waals surface area contributed by atoms with E-state index >= 15 is 0 Å². The molecule has 0 aromatic carbocycles. The van der Waals surface area contributed by atoms with Gasteiger partial charge in [-0.3, -0.25) is 4.79 Å². The highest BCUT2D eigenvalue weighted by atomic mass is 31.0. The summed E-state index contributed by atoms with van der Waals surface area (Å²) in [5, 5.41) is 9.01. The molecule has 0 aromatic rings. The number of hydrogen-bond donors (Lipinski definition) is 1. The predicted molar refractivity (Wildman–Crippen MR) is 41.6 cm³/mol. The smallest absolute Gasteiger partial charge is 0.161 e. The van der Waals surface area contributed by atoms with Gasteiger partial charge in [0.25, 0.3) is 0 Å². The Kier molecular flexibility index (Phi) is 5.79. The lowest BCUT2D eigenvalue weighted by molar-refractivity contribution is -0.127. The van der Waals surface area contributed by atoms with Gasteiger partial charge in [0.15, 0.2) is 5.78 Å². The number of ketones is 1. The number of carbonyl (C=O) groups is 1. The minimum atomic E-state index is -0.842. The van der Waals surface area contributed by atoms with Crippen molar-refractivity contribution < 1.29 is 14.4 Å². The van der Waals surface area contributed by atoms with Gasteiger partial charge in [0.2, 0.25) is 0 Å². The summed E-state index contributed by atoms with van der Waals surface area (Å²) >= 11 is 0. The molecule has 4 heteroatoms. The third-order valence-electron chi connectivity index (χ3n) is 1.23. The molecular weight excluding hydrogens is 151 g/mol. The molecule has 60 valence electrons. The molecule has 2 atom stereocenters. The van der Waals surface area contributed by atoms with Crippen molar-refractivity contribution in [3.05, 3.63) is 0 Å². The summed E-state index contributed by atoms with van der Waals surface area (Å²) in [6, 6.07) is 0.